The molecule has 8 aromatic rings. The molecule has 0 unspecified atom stereocenters. The van der Waals surface area contributed by atoms with E-state index in [1.165, 1.54) is 21.9 Å². The van der Waals surface area contributed by atoms with Crippen LogP contribution < -0.4 is 0 Å². The molecular formula is C39H25N3. The predicted octanol–water partition coefficient (Wildman–Crippen LogP) is 10.00. The minimum absolute atomic E-state index is 0.907. The van der Waals surface area contributed by atoms with Gasteiger partial charge in [-0.15, -0.1) is 0 Å². The number of nitrogens with zero attached hydrogens (tertiary/aromatic N) is 3. The molecule has 8 rings (SSSR count). The van der Waals surface area contributed by atoms with Gasteiger partial charge in [-0.3, -0.25) is 4.98 Å². The van der Waals surface area contributed by atoms with Crippen molar-refractivity contribution >= 4 is 32.6 Å². The SMILES string of the molecule is c1cncc(-c2cccc(-c3ccc4ccc5ccc(-c6cccc(-c7ccc8ccccc8c7)c6)nc5c4n3)c2)c1. The van der Waals surface area contributed by atoms with Gasteiger partial charge in [0.1, 0.15) is 0 Å². The molecule has 196 valence electrons. The van der Waals surface area contributed by atoms with E-state index in [0.717, 1.165) is 55.4 Å². The zero-order valence-electron chi connectivity index (χ0n) is 22.8. The van der Waals surface area contributed by atoms with E-state index in [1.807, 2.05) is 12.3 Å². The summed E-state index contributed by atoms with van der Waals surface area (Å²) in [5, 5.41) is 4.63. The van der Waals surface area contributed by atoms with Gasteiger partial charge in [0.15, 0.2) is 0 Å². The monoisotopic (exact) mass is 535 g/mol. The van der Waals surface area contributed by atoms with Crippen LogP contribution in [-0.2, 0) is 0 Å². The van der Waals surface area contributed by atoms with Gasteiger partial charge in [-0.25, -0.2) is 9.97 Å². The Bertz CT molecular complexity index is 2250. The normalized spacial score (nSPS) is 11.3. The van der Waals surface area contributed by atoms with Crippen LogP contribution in [0.15, 0.2) is 152 Å². The first-order chi connectivity index (χ1) is 20.8. The smallest absolute Gasteiger partial charge is 0.0972 e. The highest BCUT2D eigenvalue weighted by Crippen LogP contribution is 2.32. The summed E-state index contributed by atoms with van der Waals surface area (Å²) in [6.45, 7) is 0. The Balaban J connectivity index is 1.22. The van der Waals surface area contributed by atoms with Gasteiger partial charge in [-0.05, 0) is 63.9 Å². The Morgan fingerprint density at radius 3 is 1.50 bits per heavy atom. The van der Waals surface area contributed by atoms with Gasteiger partial charge >= 0.3 is 0 Å². The first kappa shape index (κ1) is 24.2. The van der Waals surface area contributed by atoms with Crippen LogP contribution in [0.25, 0.3) is 77.3 Å². The maximum atomic E-state index is 5.19. The number of pyridine rings is 3. The molecule has 3 heterocycles. The molecule has 0 saturated heterocycles. The fourth-order valence-corrected chi connectivity index (χ4v) is 5.71. The Hall–Kier alpha value is -5.67. The standard InChI is InChI=1S/C39H25N3/c1-2-7-29-22-32(16-13-26(29)6-1)30-8-3-10-33(23-30)36-19-17-27-14-15-28-18-20-37(42-39(28)38(27)41-36)34-11-4-9-31(24-34)35-12-5-21-40-25-35/h1-25H. The summed E-state index contributed by atoms with van der Waals surface area (Å²) in [7, 11) is 0. The van der Waals surface area contributed by atoms with Crippen molar-refractivity contribution in [3.8, 4) is 44.8 Å². The zero-order valence-corrected chi connectivity index (χ0v) is 22.8. The Kier molecular flexibility index (Phi) is 5.79. The number of hydrogen-bond acceptors (Lipinski definition) is 3. The highest BCUT2D eigenvalue weighted by atomic mass is 14.8. The van der Waals surface area contributed by atoms with E-state index < -0.39 is 0 Å². The van der Waals surface area contributed by atoms with Gasteiger partial charge in [0, 0.05) is 39.9 Å². The molecule has 0 radical (unpaired) electrons. The molecule has 0 saturated carbocycles. The third kappa shape index (κ3) is 4.38. The van der Waals surface area contributed by atoms with Crippen molar-refractivity contribution in [3.05, 3.63) is 152 Å². The van der Waals surface area contributed by atoms with Gasteiger partial charge in [0.05, 0.1) is 22.4 Å². The lowest BCUT2D eigenvalue weighted by atomic mass is 9.98. The first-order valence-corrected chi connectivity index (χ1v) is 14.1. The lowest BCUT2D eigenvalue weighted by Gasteiger charge is -2.10. The van der Waals surface area contributed by atoms with Crippen LogP contribution in [0.2, 0.25) is 0 Å². The third-order valence-corrected chi connectivity index (χ3v) is 7.91. The summed E-state index contributed by atoms with van der Waals surface area (Å²) in [5.41, 5.74) is 10.4. The molecule has 5 aromatic carbocycles. The van der Waals surface area contributed by atoms with Crippen LogP contribution in [-0.4, -0.2) is 15.0 Å². The van der Waals surface area contributed by atoms with Gasteiger partial charge in [0.25, 0.3) is 0 Å². The average molecular weight is 536 g/mol. The second-order valence-corrected chi connectivity index (χ2v) is 10.6. The largest absolute Gasteiger partial charge is 0.264 e. The van der Waals surface area contributed by atoms with Crippen LogP contribution in [0.3, 0.4) is 0 Å². The summed E-state index contributed by atoms with van der Waals surface area (Å²) in [4.78, 5) is 14.6. The van der Waals surface area contributed by atoms with Crippen LogP contribution in [0.4, 0.5) is 0 Å². The van der Waals surface area contributed by atoms with E-state index in [-0.39, 0.29) is 0 Å². The quantitative estimate of drug-likeness (QED) is 0.211. The highest BCUT2D eigenvalue weighted by molar-refractivity contribution is 6.04. The molecule has 0 N–H and O–H groups in total. The van der Waals surface area contributed by atoms with Crippen molar-refractivity contribution in [2.75, 3.05) is 0 Å². The van der Waals surface area contributed by atoms with Gasteiger partial charge in [-0.2, -0.15) is 0 Å². The number of rotatable bonds is 4. The minimum atomic E-state index is 0.907. The average Bonchev–Trinajstić information content (AvgIpc) is 3.08. The lowest BCUT2D eigenvalue weighted by Crippen LogP contribution is -1.91. The molecule has 42 heavy (non-hydrogen) atoms. The van der Waals surface area contributed by atoms with E-state index in [0.29, 0.717) is 0 Å². The molecule has 3 nitrogen and oxygen atoms in total. The van der Waals surface area contributed by atoms with Crippen LogP contribution in [0, 0.1) is 0 Å². The van der Waals surface area contributed by atoms with E-state index >= 15 is 0 Å². The molecule has 0 aliphatic carbocycles. The Labute approximate surface area is 243 Å². The fourth-order valence-electron chi connectivity index (χ4n) is 5.71. The maximum Gasteiger partial charge on any atom is 0.0972 e. The molecule has 0 atom stereocenters. The number of benzene rings is 5. The zero-order chi connectivity index (χ0) is 27.9. The van der Waals surface area contributed by atoms with Crippen LogP contribution in [0.1, 0.15) is 0 Å². The molecular weight excluding hydrogens is 510 g/mol. The third-order valence-electron chi connectivity index (χ3n) is 7.91. The second-order valence-electron chi connectivity index (χ2n) is 10.6. The Morgan fingerprint density at radius 2 is 0.857 bits per heavy atom. The summed E-state index contributed by atoms with van der Waals surface area (Å²) in [6, 6.07) is 49.0. The van der Waals surface area contributed by atoms with Gasteiger partial charge in [0.2, 0.25) is 0 Å². The van der Waals surface area contributed by atoms with Gasteiger partial charge < -0.3 is 0 Å². The summed E-state index contributed by atoms with van der Waals surface area (Å²) < 4.78 is 0. The first-order valence-electron chi connectivity index (χ1n) is 14.1. The lowest BCUT2D eigenvalue weighted by molar-refractivity contribution is 1.33. The molecule has 0 spiro atoms. The highest BCUT2D eigenvalue weighted by Gasteiger charge is 2.10. The molecule has 0 fully saturated rings. The number of aromatic nitrogens is 3. The van der Waals surface area contributed by atoms with Crippen molar-refractivity contribution in [1.82, 2.24) is 15.0 Å². The maximum absolute atomic E-state index is 5.19. The molecule has 0 amide bonds. The molecule has 0 aliphatic heterocycles. The van der Waals surface area contributed by atoms with E-state index in [2.05, 4.69) is 138 Å². The predicted molar refractivity (Wildman–Crippen MR) is 174 cm³/mol. The summed E-state index contributed by atoms with van der Waals surface area (Å²) in [6.07, 6.45) is 3.69. The summed E-state index contributed by atoms with van der Waals surface area (Å²) in [5.74, 6) is 0. The number of fused-ring (bicyclic) bond motifs is 4. The van der Waals surface area contributed by atoms with Crippen LogP contribution >= 0.6 is 0 Å². The molecule has 0 bridgehead atoms. The van der Waals surface area contributed by atoms with Crippen LogP contribution in [0.5, 0.6) is 0 Å². The minimum Gasteiger partial charge on any atom is -0.264 e. The molecule has 3 heteroatoms. The Morgan fingerprint density at radius 1 is 0.333 bits per heavy atom. The molecule has 3 aromatic heterocycles. The van der Waals surface area contributed by atoms with Gasteiger partial charge in [-0.1, -0.05) is 103 Å². The van der Waals surface area contributed by atoms with E-state index in [9.17, 15) is 0 Å². The van der Waals surface area contributed by atoms with E-state index in [1.54, 1.807) is 6.20 Å². The summed E-state index contributed by atoms with van der Waals surface area (Å²) >= 11 is 0. The van der Waals surface area contributed by atoms with Crippen molar-refractivity contribution in [1.29, 1.82) is 0 Å². The second kappa shape index (κ2) is 10.1. The fraction of sp³-hybridized carbons (Fsp3) is 0. The van der Waals surface area contributed by atoms with Crippen molar-refractivity contribution in [3.63, 3.8) is 0 Å². The van der Waals surface area contributed by atoms with Crippen molar-refractivity contribution in [2.45, 2.75) is 0 Å². The number of hydrogen-bond donors (Lipinski definition) is 0. The van der Waals surface area contributed by atoms with Crippen molar-refractivity contribution in [2.24, 2.45) is 0 Å². The molecule has 0 aliphatic rings. The topological polar surface area (TPSA) is 38.7 Å². The van der Waals surface area contributed by atoms with E-state index in [4.69, 9.17) is 9.97 Å². The van der Waals surface area contributed by atoms with Crippen molar-refractivity contribution < 1.29 is 0 Å².